The van der Waals surface area contributed by atoms with Crippen LogP contribution in [0.2, 0.25) is 0 Å². The molecule has 2 rings (SSSR count). The fraction of sp³-hybridized carbons (Fsp3) is 0.412. The van der Waals surface area contributed by atoms with Crippen molar-refractivity contribution in [2.75, 3.05) is 6.54 Å². The van der Waals surface area contributed by atoms with Crippen molar-refractivity contribution in [2.24, 2.45) is 5.92 Å². The molecule has 0 aliphatic heterocycles. The van der Waals surface area contributed by atoms with Crippen LogP contribution in [0.4, 0.5) is 0 Å². The molecule has 4 heteroatoms. The van der Waals surface area contributed by atoms with Gasteiger partial charge in [-0.15, -0.1) is 0 Å². The van der Waals surface area contributed by atoms with E-state index in [0.29, 0.717) is 5.56 Å². The molecule has 1 heterocycles. The van der Waals surface area contributed by atoms with E-state index in [1.54, 1.807) is 12.3 Å². The average molecular weight is 286 g/mol. The lowest BCUT2D eigenvalue weighted by Gasteiger charge is -2.20. The smallest absolute Gasteiger partial charge is 0.252 e. The maximum Gasteiger partial charge on any atom is 0.252 e. The van der Waals surface area contributed by atoms with Crippen molar-refractivity contribution in [3.63, 3.8) is 0 Å². The number of hydrogen-bond donors (Lipinski definition) is 2. The Hall–Kier alpha value is -1.94. The maximum absolute atomic E-state index is 12.3. The predicted molar refractivity (Wildman–Crippen MR) is 84.2 cm³/mol. The molecule has 0 aliphatic carbocycles. The quantitative estimate of drug-likeness (QED) is 0.858. The van der Waals surface area contributed by atoms with Crippen molar-refractivity contribution in [2.45, 2.75) is 32.8 Å². The van der Waals surface area contributed by atoms with Gasteiger partial charge in [0.25, 0.3) is 5.91 Å². The summed E-state index contributed by atoms with van der Waals surface area (Å²) in [6, 6.07) is 9.26. The molecule has 0 aliphatic rings. The normalized spacial score (nSPS) is 12.6. The van der Waals surface area contributed by atoms with Gasteiger partial charge < -0.3 is 10.4 Å². The predicted octanol–water partition coefficient (Wildman–Crippen LogP) is 2.76. The van der Waals surface area contributed by atoms with Gasteiger partial charge in [0.2, 0.25) is 0 Å². The molecular formula is C17H22N2O2. The second-order valence-electron chi connectivity index (χ2n) is 5.23. The zero-order chi connectivity index (χ0) is 15.2. The molecule has 1 aromatic heterocycles. The number of rotatable bonds is 6. The van der Waals surface area contributed by atoms with E-state index in [0.717, 1.165) is 23.7 Å². The molecular weight excluding hydrogens is 264 g/mol. The monoisotopic (exact) mass is 286 g/mol. The Kier molecular flexibility index (Phi) is 5.28. The average Bonchev–Trinajstić information content (AvgIpc) is 2.53. The van der Waals surface area contributed by atoms with Crippen LogP contribution in [0.15, 0.2) is 36.5 Å². The van der Waals surface area contributed by atoms with Crippen LogP contribution in [0.5, 0.6) is 0 Å². The lowest BCUT2D eigenvalue weighted by Crippen LogP contribution is -2.36. The van der Waals surface area contributed by atoms with Crippen LogP contribution in [-0.4, -0.2) is 28.6 Å². The minimum Gasteiger partial charge on any atom is -0.391 e. The van der Waals surface area contributed by atoms with Gasteiger partial charge in [0, 0.05) is 18.1 Å². The van der Waals surface area contributed by atoms with Gasteiger partial charge in [-0.1, -0.05) is 44.9 Å². The highest BCUT2D eigenvalue weighted by Gasteiger charge is 2.17. The molecule has 1 atom stereocenters. The SMILES string of the molecule is CCC(CC)C(O)CNC(=O)c1ccnc2ccccc12. The van der Waals surface area contributed by atoms with Gasteiger partial charge in [0.1, 0.15) is 0 Å². The summed E-state index contributed by atoms with van der Waals surface area (Å²) in [5, 5.41) is 13.7. The minimum atomic E-state index is -0.503. The van der Waals surface area contributed by atoms with E-state index in [4.69, 9.17) is 0 Å². The van der Waals surface area contributed by atoms with E-state index in [9.17, 15) is 9.90 Å². The van der Waals surface area contributed by atoms with Crippen molar-refractivity contribution in [1.29, 1.82) is 0 Å². The number of aliphatic hydroxyl groups is 1. The van der Waals surface area contributed by atoms with E-state index >= 15 is 0 Å². The number of carbonyl (C=O) groups is 1. The Labute approximate surface area is 125 Å². The molecule has 0 spiro atoms. The number of benzene rings is 1. The third-order valence-electron chi connectivity index (χ3n) is 3.96. The Morgan fingerprint density at radius 2 is 1.95 bits per heavy atom. The fourth-order valence-corrected chi connectivity index (χ4v) is 2.59. The highest BCUT2D eigenvalue weighted by atomic mass is 16.3. The van der Waals surface area contributed by atoms with E-state index in [-0.39, 0.29) is 18.4 Å². The third-order valence-corrected chi connectivity index (χ3v) is 3.96. The summed E-state index contributed by atoms with van der Waals surface area (Å²) < 4.78 is 0. The number of amides is 1. The molecule has 0 saturated heterocycles. The number of nitrogens with zero attached hydrogens (tertiary/aromatic N) is 1. The molecule has 0 saturated carbocycles. The van der Waals surface area contributed by atoms with Crippen LogP contribution in [0.25, 0.3) is 10.9 Å². The third kappa shape index (κ3) is 3.58. The van der Waals surface area contributed by atoms with Gasteiger partial charge in [-0.2, -0.15) is 0 Å². The molecule has 2 aromatic rings. The van der Waals surface area contributed by atoms with Crippen molar-refractivity contribution in [1.82, 2.24) is 10.3 Å². The minimum absolute atomic E-state index is 0.168. The van der Waals surface area contributed by atoms with Crippen LogP contribution >= 0.6 is 0 Å². The number of aromatic nitrogens is 1. The first-order valence-electron chi connectivity index (χ1n) is 7.47. The van der Waals surface area contributed by atoms with Crippen LogP contribution in [0.3, 0.4) is 0 Å². The van der Waals surface area contributed by atoms with Gasteiger partial charge in [-0.05, 0) is 18.1 Å². The van der Waals surface area contributed by atoms with E-state index < -0.39 is 6.10 Å². The van der Waals surface area contributed by atoms with E-state index in [1.807, 2.05) is 24.3 Å². The van der Waals surface area contributed by atoms with Crippen LogP contribution in [0.1, 0.15) is 37.0 Å². The first-order valence-corrected chi connectivity index (χ1v) is 7.47. The summed E-state index contributed by atoms with van der Waals surface area (Å²) in [5.41, 5.74) is 1.39. The molecule has 4 nitrogen and oxygen atoms in total. The van der Waals surface area contributed by atoms with E-state index in [2.05, 4.69) is 24.1 Å². The van der Waals surface area contributed by atoms with Crippen LogP contribution < -0.4 is 5.32 Å². The summed E-state index contributed by atoms with van der Waals surface area (Å²) in [5.74, 6) is 0.0538. The van der Waals surface area contributed by atoms with E-state index in [1.165, 1.54) is 0 Å². The van der Waals surface area contributed by atoms with Gasteiger partial charge >= 0.3 is 0 Å². The highest BCUT2D eigenvalue weighted by Crippen LogP contribution is 2.16. The van der Waals surface area contributed by atoms with Crippen LogP contribution in [-0.2, 0) is 0 Å². The summed E-state index contributed by atoms with van der Waals surface area (Å²) >= 11 is 0. The number of para-hydroxylation sites is 1. The van der Waals surface area contributed by atoms with Crippen molar-refractivity contribution >= 4 is 16.8 Å². The first kappa shape index (κ1) is 15.4. The molecule has 112 valence electrons. The van der Waals surface area contributed by atoms with Gasteiger partial charge in [-0.3, -0.25) is 9.78 Å². The summed E-state index contributed by atoms with van der Waals surface area (Å²) in [6.45, 7) is 4.38. The largest absolute Gasteiger partial charge is 0.391 e. The number of hydrogen-bond acceptors (Lipinski definition) is 3. The van der Waals surface area contributed by atoms with Crippen molar-refractivity contribution < 1.29 is 9.90 Å². The molecule has 0 radical (unpaired) electrons. The molecule has 0 bridgehead atoms. The lowest BCUT2D eigenvalue weighted by molar-refractivity contribution is 0.0818. The standard InChI is InChI=1S/C17H22N2O2/c1-3-12(4-2)16(20)11-19-17(21)14-9-10-18-15-8-6-5-7-13(14)15/h5-10,12,16,20H,3-4,11H2,1-2H3,(H,19,21). The molecule has 1 amide bonds. The number of fused-ring (bicyclic) bond motifs is 1. The molecule has 0 fully saturated rings. The lowest BCUT2D eigenvalue weighted by atomic mass is 9.96. The number of aliphatic hydroxyl groups excluding tert-OH is 1. The summed E-state index contributed by atoms with van der Waals surface area (Å²) in [7, 11) is 0. The maximum atomic E-state index is 12.3. The van der Waals surface area contributed by atoms with Crippen molar-refractivity contribution in [3.05, 3.63) is 42.1 Å². The molecule has 1 aromatic carbocycles. The highest BCUT2D eigenvalue weighted by molar-refractivity contribution is 6.05. The number of carbonyl (C=O) groups excluding carboxylic acids is 1. The topological polar surface area (TPSA) is 62.2 Å². The Morgan fingerprint density at radius 1 is 1.24 bits per heavy atom. The Bertz CT molecular complexity index is 603. The second kappa shape index (κ2) is 7.18. The summed E-state index contributed by atoms with van der Waals surface area (Å²) in [6.07, 6.45) is 2.95. The second-order valence-corrected chi connectivity index (χ2v) is 5.23. The Balaban J connectivity index is 2.09. The summed E-state index contributed by atoms with van der Waals surface area (Å²) in [4.78, 5) is 16.6. The van der Waals surface area contributed by atoms with Gasteiger partial charge in [0.15, 0.2) is 0 Å². The molecule has 21 heavy (non-hydrogen) atoms. The number of pyridine rings is 1. The zero-order valence-corrected chi connectivity index (χ0v) is 12.5. The fourth-order valence-electron chi connectivity index (χ4n) is 2.59. The Morgan fingerprint density at radius 3 is 2.67 bits per heavy atom. The first-order chi connectivity index (χ1) is 10.2. The zero-order valence-electron chi connectivity index (χ0n) is 12.5. The van der Waals surface area contributed by atoms with Crippen molar-refractivity contribution in [3.8, 4) is 0 Å². The van der Waals surface area contributed by atoms with Gasteiger partial charge in [-0.25, -0.2) is 0 Å². The molecule has 1 unspecified atom stereocenters. The molecule has 2 N–H and O–H groups in total. The van der Waals surface area contributed by atoms with Gasteiger partial charge in [0.05, 0.1) is 17.2 Å². The number of nitrogens with one attached hydrogen (secondary N) is 1. The van der Waals surface area contributed by atoms with Crippen LogP contribution in [0, 0.1) is 5.92 Å².